The molecule has 0 amide bonds. The van der Waals surface area contributed by atoms with Gasteiger partial charge in [0.15, 0.2) is 0 Å². The van der Waals surface area contributed by atoms with E-state index < -0.39 is 5.97 Å². The summed E-state index contributed by atoms with van der Waals surface area (Å²) in [6, 6.07) is 11.8. The second kappa shape index (κ2) is 9.39. The number of hydrogen-bond donors (Lipinski definition) is 0. The fourth-order valence-corrected chi connectivity index (χ4v) is 3.37. The maximum atomic E-state index is 12.4. The number of rotatable bonds is 6. The summed E-state index contributed by atoms with van der Waals surface area (Å²) in [5.74, 6) is -0.108. The maximum absolute atomic E-state index is 12.4. The first-order chi connectivity index (χ1) is 12.8. The van der Waals surface area contributed by atoms with Crippen LogP contribution >= 0.6 is 23.5 Å². The quantitative estimate of drug-likeness (QED) is 0.288. The fraction of sp³-hybridized carbons (Fsp3) is 0.0952. The van der Waals surface area contributed by atoms with Gasteiger partial charge >= 0.3 is 5.97 Å². The van der Waals surface area contributed by atoms with Crippen LogP contribution in [-0.4, -0.2) is 16.2 Å². The van der Waals surface area contributed by atoms with Gasteiger partial charge in [-0.2, -0.15) is 0 Å². The van der Waals surface area contributed by atoms with Gasteiger partial charge < -0.3 is 4.74 Å². The largest absolute Gasteiger partial charge is 0.423 e. The Kier molecular flexibility index (Phi) is 7.21. The van der Waals surface area contributed by atoms with Crippen molar-refractivity contribution in [1.82, 2.24) is 0 Å². The van der Waals surface area contributed by atoms with Crippen molar-refractivity contribution in [1.29, 1.82) is 0 Å². The van der Waals surface area contributed by atoms with Crippen molar-refractivity contribution in [2.24, 2.45) is 0 Å². The molecule has 0 radical (unpaired) electrons. The Morgan fingerprint density at radius 2 is 1.63 bits per heavy atom. The minimum absolute atomic E-state index is 0.113. The molecule has 0 aliphatic carbocycles. The van der Waals surface area contributed by atoms with Crippen molar-refractivity contribution < 1.29 is 19.1 Å². The molecule has 0 spiro atoms. The van der Waals surface area contributed by atoms with Gasteiger partial charge in [0.25, 0.3) is 0 Å². The van der Waals surface area contributed by atoms with Gasteiger partial charge in [-0.15, -0.1) is 0 Å². The van der Waals surface area contributed by atoms with E-state index in [1.165, 1.54) is 6.08 Å². The lowest BCUT2D eigenvalue weighted by Gasteiger charge is -2.09. The molecule has 0 N–H and O–H groups in total. The lowest BCUT2D eigenvalue weighted by molar-refractivity contribution is -0.108. The van der Waals surface area contributed by atoms with E-state index in [0.717, 1.165) is 33.3 Å². The molecule has 0 atom stereocenters. The fourth-order valence-electron chi connectivity index (χ4n) is 2.02. The van der Waals surface area contributed by atoms with E-state index >= 15 is 0 Å². The van der Waals surface area contributed by atoms with Crippen molar-refractivity contribution in [2.45, 2.75) is 23.6 Å². The number of carbonyl (C=O) groups is 3. The van der Waals surface area contributed by atoms with E-state index in [-0.39, 0.29) is 10.2 Å². The second-order valence-corrected chi connectivity index (χ2v) is 7.76. The standard InChI is InChI=1S/C21H18O4S2/c1-5-19(22)26-16-8-6-15(7-9-16)25-20(23)18-11-10-17(12-14(18)4)27-21(24)13(2)3/h5-12H,1-2H2,3-4H3. The summed E-state index contributed by atoms with van der Waals surface area (Å²) in [4.78, 5) is 37.0. The number of esters is 1. The van der Waals surface area contributed by atoms with E-state index in [4.69, 9.17) is 4.74 Å². The van der Waals surface area contributed by atoms with E-state index in [9.17, 15) is 14.4 Å². The van der Waals surface area contributed by atoms with Crippen molar-refractivity contribution in [3.05, 3.63) is 78.4 Å². The molecule has 0 saturated carbocycles. The molecule has 4 nitrogen and oxygen atoms in total. The normalized spacial score (nSPS) is 10.1. The minimum atomic E-state index is -0.488. The lowest BCUT2D eigenvalue weighted by atomic mass is 10.1. The Bertz CT molecular complexity index is 914. The predicted molar refractivity (Wildman–Crippen MR) is 109 cm³/mol. The van der Waals surface area contributed by atoms with E-state index in [1.54, 1.807) is 56.3 Å². The molecule has 0 aliphatic rings. The Balaban J connectivity index is 2.07. The summed E-state index contributed by atoms with van der Waals surface area (Å²) in [7, 11) is 0. The molecule has 2 rings (SSSR count). The number of aryl methyl sites for hydroxylation is 1. The molecule has 0 bridgehead atoms. The average molecular weight is 399 g/mol. The molecule has 0 saturated heterocycles. The van der Waals surface area contributed by atoms with Crippen LogP contribution in [-0.2, 0) is 9.59 Å². The zero-order valence-electron chi connectivity index (χ0n) is 15.0. The first kappa shape index (κ1) is 20.7. The molecule has 0 aliphatic heterocycles. The number of ether oxygens (including phenoxy) is 1. The van der Waals surface area contributed by atoms with Crippen LogP contribution in [0.3, 0.4) is 0 Å². The van der Waals surface area contributed by atoms with Crippen LogP contribution < -0.4 is 4.74 Å². The van der Waals surface area contributed by atoms with Crippen LogP contribution in [0, 0.1) is 6.92 Å². The van der Waals surface area contributed by atoms with Gasteiger partial charge in [0, 0.05) is 9.79 Å². The predicted octanol–water partition coefficient (Wildman–Crippen LogP) is 5.21. The van der Waals surface area contributed by atoms with Crippen LogP contribution in [0.1, 0.15) is 22.8 Å². The highest BCUT2D eigenvalue weighted by molar-refractivity contribution is 8.14. The van der Waals surface area contributed by atoms with Crippen molar-refractivity contribution in [3.63, 3.8) is 0 Å². The zero-order chi connectivity index (χ0) is 20.0. The SMILES string of the molecule is C=CC(=O)Sc1ccc(OC(=O)c2ccc(SC(=O)C(=C)C)cc2C)cc1. The molecule has 2 aromatic carbocycles. The zero-order valence-corrected chi connectivity index (χ0v) is 16.6. The van der Waals surface area contributed by atoms with Gasteiger partial charge in [-0.3, -0.25) is 9.59 Å². The summed E-state index contributed by atoms with van der Waals surface area (Å²) in [5, 5.41) is -0.268. The number of thioether (sulfide) groups is 2. The highest BCUT2D eigenvalue weighted by atomic mass is 32.2. The molecule has 2 aromatic rings. The number of carbonyl (C=O) groups excluding carboxylic acids is 3. The van der Waals surface area contributed by atoms with Gasteiger partial charge in [0.1, 0.15) is 5.75 Å². The Labute approximate surface area is 166 Å². The third-order valence-electron chi connectivity index (χ3n) is 3.40. The molecular weight excluding hydrogens is 380 g/mol. The van der Waals surface area contributed by atoms with E-state index in [0.29, 0.717) is 22.4 Å². The van der Waals surface area contributed by atoms with E-state index in [2.05, 4.69) is 13.2 Å². The Hall–Kier alpha value is -2.57. The number of benzene rings is 2. The summed E-state index contributed by atoms with van der Waals surface area (Å²) < 4.78 is 5.39. The van der Waals surface area contributed by atoms with Crippen molar-refractivity contribution in [3.8, 4) is 5.75 Å². The maximum Gasteiger partial charge on any atom is 0.343 e. The summed E-state index contributed by atoms with van der Waals surface area (Å²) in [6.07, 6.45) is 1.24. The minimum Gasteiger partial charge on any atom is -0.423 e. The summed E-state index contributed by atoms with van der Waals surface area (Å²) >= 11 is 2.12. The highest BCUT2D eigenvalue weighted by Crippen LogP contribution is 2.26. The van der Waals surface area contributed by atoms with E-state index in [1.807, 2.05) is 0 Å². The van der Waals surface area contributed by atoms with Crippen LogP contribution in [0.15, 0.2) is 77.1 Å². The van der Waals surface area contributed by atoms with Crippen LogP contribution in [0.4, 0.5) is 0 Å². The molecule has 6 heteroatoms. The first-order valence-corrected chi connectivity index (χ1v) is 9.58. The average Bonchev–Trinajstić information content (AvgIpc) is 2.63. The summed E-state index contributed by atoms with van der Waals surface area (Å²) in [5.41, 5.74) is 1.60. The highest BCUT2D eigenvalue weighted by Gasteiger charge is 2.14. The van der Waals surface area contributed by atoms with Crippen LogP contribution in [0.25, 0.3) is 0 Å². The van der Waals surface area contributed by atoms with Crippen LogP contribution in [0.5, 0.6) is 5.75 Å². The molecular formula is C21H18O4S2. The molecule has 0 unspecified atom stereocenters. The third kappa shape index (κ3) is 5.98. The molecule has 138 valence electrons. The Morgan fingerprint density at radius 1 is 1.00 bits per heavy atom. The van der Waals surface area contributed by atoms with Gasteiger partial charge in [0.2, 0.25) is 10.2 Å². The third-order valence-corrected chi connectivity index (χ3v) is 5.30. The smallest absolute Gasteiger partial charge is 0.343 e. The lowest BCUT2D eigenvalue weighted by Crippen LogP contribution is -2.10. The van der Waals surface area contributed by atoms with Gasteiger partial charge in [-0.25, -0.2) is 4.79 Å². The molecule has 0 aromatic heterocycles. The van der Waals surface area contributed by atoms with Gasteiger partial charge in [0.05, 0.1) is 5.56 Å². The Morgan fingerprint density at radius 3 is 2.19 bits per heavy atom. The molecule has 0 heterocycles. The van der Waals surface area contributed by atoms with Gasteiger partial charge in [-0.1, -0.05) is 13.2 Å². The monoisotopic (exact) mass is 398 g/mol. The van der Waals surface area contributed by atoms with Crippen LogP contribution in [0.2, 0.25) is 0 Å². The number of hydrogen-bond acceptors (Lipinski definition) is 6. The molecule has 0 fully saturated rings. The van der Waals surface area contributed by atoms with Crippen molar-refractivity contribution in [2.75, 3.05) is 0 Å². The first-order valence-electron chi connectivity index (χ1n) is 7.95. The second-order valence-electron chi connectivity index (χ2n) is 5.63. The molecule has 27 heavy (non-hydrogen) atoms. The summed E-state index contributed by atoms with van der Waals surface area (Å²) in [6.45, 7) is 10.5. The van der Waals surface area contributed by atoms with Crippen molar-refractivity contribution >= 4 is 39.7 Å². The van der Waals surface area contributed by atoms with Gasteiger partial charge in [-0.05, 0) is 97.0 Å². The topological polar surface area (TPSA) is 60.4 Å².